The van der Waals surface area contributed by atoms with Crippen LogP contribution >= 0.6 is 0 Å². The summed E-state index contributed by atoms with van der Waals surface area (Å²) in [5.41, 5.74) is 0. The van der Waals surface area contributed by atoms with Crippen LogP contribution in [0.2, 0.25) is 0 Å². The molecule has 0 aliphatic carbocycles. The molecule has 0 aromatic carbocycles. The van der Waals surface area contributed by atoms with Crippen molar-refractivity contribution >= 4 is 0 Å². The van der Waals surface area contributed by atoms with Gasteiger partial charge in [0, 0.05) is 0 Å². The minimum atomic E-state index is 0.851. The summed E-state index contributed by atoms with van der Waals surface area (Å²) in [6.07, 6.45) is 22.0. The Kier molecular flexibility index (Phi) is 13.2. The zero-order valence-electron chi connectivity index (χ0n) is 15.8. The van der Waals surface area contributed by atoms with Gasteiger partial charge in [0.2, 0.25) is 0 Å². The summed E-state index contributed by atoms with van der Waals surface area (Å²) in [6, 6.07) is 0. The molecule has 132 valence electrons. The molecule has 1 heteroatoms. The summed E-state index contributed by atoms with van der Waals surface area (Å²) >= 11 is 0. The van der Waals surface area contributed by atoms with Crippen molar-refractivity contribution in [2.45, 2.75) is 110 Å². The summed E-state index contributed by atoms with van der Waals surface area (Å²) in [5.74, 6) is 0.851. The van der Waals surface area contributed by atoms with Gasteiger partial charge in [0.05, 0.1) is 0 Å². The van der Waals surface area contributed by atoms with E-state index < -0.39 is 0 Å². The molecule has 0 radical (unpaired) electrons. The van der Waals surface area contributed by atoms with Crippen molar-refractivity contribution in [1.82, 2.24) is 4.90 Å². The van der Waals surface area contributed by atoms with Gasteiger partial charge in [-0.2, -0.15) is 0 Å². The van der Waals surface area contributed by atoms with Crippen LogP contribution in [0.25, 0.3) is 0 Å². The van der Waals surface area contributed by atoms with E-state index in [9.17, 15) is 0 Å². The number of rotatable bonds is 3. The second-order valence-corrected chi connectivity index (χ2v) is 7.97. The third-order valence-electron chi connectivity index (χ3n) is 5.22. The van der Waals surface area contributed by atoms with Crippen LogP contribution in [0, 0.1) is 5.92 Å². The molecule has 1 saturated heterocycles. The van der Waals surface area contributed by atoms with E-state index in [1.165, 1.54) is 116 Å². The topological polar surface area (TPSA) is 3.24 Å². The number of nitrogens with zero attached hydrogens (tertiary/aromatic N) is 1. The van der Waals surface area contributed by atoms with E-state index in [0.29, 0.717) is 0 Å². The molecule has 1 aliphatic heterocycles. The summed E-state index contributed by atoms with van der Waals surface area (Å²) in [6.45, 7) is 8.76. The second-order valence-electron chi connectivity index (χ2n) is 7.97. The largest absolute Gasteiger partial charge is 0.303 e. The maximum atomic E-state index is 2.76. The molecule has 0 saturated carbocycles. The quantitative estimate of drug-likeness (QED) is 0.553. The first-order valence-corrected chi connectivity index (χ1v) is 10.5. The van der Waals surface area contributed by atoms with Gasteiger partial charge in [-0.05, 0) is 44.8 Å². The first-order chi connectivity index (χ1) is 10.8. The van der Waals surface area contributed by atoms with Crippen LogP contribution in [0.15, 0.2) is 0 Å². The van der Waals surface area contributed by atoms with E-state index in [1.54, 1.807) is 0 Å². The maximum Gasteiger partial charge on any atom is -0.00163 e. The fraction of sp³-hybridized carbons (Fsp3) is 1.00. The average molecular weight is 310 g/mol. The van der Waals surface area contributed by atoms with Gasteiger partial charge in [-0.1, -0.05) is 90.9 Å². The summed E-state index contributed by atoms with van der Waals surface area (Å²) in [7, 11) is 0. The van der Waals surface area contributed by atoms with Crippen molar-refractivity contribution < 1.29 is 0 Å². The Morgan fingerprint density at radius 1 is 0.545 bits per heavy atom. The third-order valence-corrected chi connectivity index (χ3v) is 5.22. The van der Waals surface area contributed by atoms with E-state index in [0.717, 1.165) is 5.92 Å². The van der Waals surface area contributed by atoms with Crippen molar-refractivity contribution in [3.63, 3.8) is 0 Å². The molecule has 0 aromatic heterocycles. The standard InChI is InChI=1S/C21H43N/c1-21(2)17-20-22-18-15-13-11-9-7-5-3-4-6-8-10-12-14-16-19-22/h21H,3-20H2,1-2H3. The van der Waals surface area contributed by atoms with Crippen LogP contribution < -0.4 is 0 Å². The predicted octanol–water partition coefficient (Wildman–Crippen LogP) is 6.81. The Labute approximate surface area is 141 Å². The zero-order valence-corrected chi connectivity index (χ0v) is 15.8. The van der Waals surface area contributed by atoms with Gasteiger partial charge >= 0.3 is 0 Å². The SMILES string of the molecule is CC(C)CCN1CCCCCCCCCCCCCCCC1. The Bertz CT molecular complexity index is 206. The molecular weight excluding hydrogens is 266 g/mol. The lowest BCUT2D eigenvalue weighted by Crippen LogP contribution is -2.28. The highest BCUT2D eigenvalue weighted by Gasteiger charge is 2.06. The van der Waals surface area contributed by atoms with Crippen molar-refractivity contribution in [2.75, 3.05) is 19.6 Å². The first-order valence-electron chi connectivity index (χ1n) is 10.5. The summed E-state index contributed by atoms with van der Waals surface area (Å²) in [4.78, 5) is 2.76. The molecule has 1 aliphatic rings. The van der Waals surface area contributed by atoms with Crippen LogP contribution in [-0.4, -0.2) is 24.5 Å². The molecule has 1 nitrogen and oxygen atoms in total. The Hall–Kier alpha value is -0.0400. The van der Waals surface area contributed by atoms with Gasteiger partial charge in [0.15, 0.2) is 0 Å². The highest BCUT2D eigenvalue weighted by Crippen LogP contribution is 2.14. The lowest BCUT2D eigenvalue weighted by atomic mass is 10.0. The van der Waals surface area contributed by atoms with Gasteiger partial charge in [-0.15, -0.1) is 0 Å². The number of hydrogen-bond donors (Lipinski definition) is 0. The minimum absolute atomic E-state index is 0.851. The average Bonchev–Trinajstić information content (AvgIpc) is 2.50. The van der Waals surface area contributed by atoms with Gasteiger partial charge in [-0.25, -0.2) is 0 Å². The van der Waals surface area contributed by atoms with E-state index in [4.69, 9.17) is 0 Å². The molecule has 0 amide bonds. The molecular formula is C21H43N. The molecule has 1 heterocycles. The molecule has 0 spiro atoms. The van der Waals surface area contributed by atoms with Crippen molar-refractivity contribution in [3.8, 4) is 0 Å². The van der Waals surface area contributed by atoms with E-state index >= 15 is 0 Å². The zero-order chi connectivity index (χ0) is 15.9. The van der Waals surface area contributed by atoms with Gasteiger partial charge < -0.3 is 4.90 Å². The fourth-order valence-electron chi connectivity index (χ4n) is 3.57. The Morgan fingerprint density at radius 3 is 1.18 bits per heavy atom. The molecule has 1 fully saturated rings. The number of hydrogen-bond acceptors (Lipinski definition) is 1. The summed E-state index contributed by atoms with van der Waals surface area (Å²) < 4.78 is 0. The van der Waals surface area contributed by atoms with Crippen LogP contribution in [0.5, 0.6) is 0 Å². The fourth-order valence-corrected chi connectivity index (χ4v) is 3.57. The Balaban J connectivity index is 2.24. The third kappa shape index (κ3) is 12.5. The molecule has 0 N–H and O–H groups in total. The highest BCUT2D eigenvalue weighted by atomic mass is 15.1. The van der Waals surface area contributed by atoms with Crippen LogP contribution in [0.1, 0.15) is 110 Å². The van der Waals surface area contributed by atoms with Crippen LogP contribution in [0.4, 0.5) is 0 Å². The normalized spacial score (nSPS) is 22.5. The smallest absolute Gasteiger partial charge is 0.00163 e. The van der Waals surface area contributed by atoms with Gasteiger partial charge in [-0.3, -0.25) is 0 Å². The highest BCUT2D eigenvalue weighted by molar-refractivity contribution is 4.61. The maximum absolute atomic E-state index is 2.76. The first kappa shape index (κ1) is 20.0. The second kappa shape index (κ2) is 14.5. The Morgan fingerprint density at radius 2 is 0.864 bits per heavy atom. The van der Waals surface area contributed by atoms with Gasteiger partial charge in [0.25, 0.3) is 0 Å². The molecule has 0 atom stereocenters. The molecule has 0 aromatic rings. The van der Waals surface area contributed by atoms with E-state index in [-0.39, 0.29) is 0 Å². The molecule has 1 rings (SSSR count). The molecule has 0 bridgehead atoms. The monoisotopic (exact) mass is 309 g/mol. The lowest BCUT2D eigenvalue weighted by Gasteiger charge is -2.23. The lowest BCUT2D eigenvalue weighted by molar-refractivity contribution is 0.246. The summed E-state index contributed by atoms with van der Waals surface area (Å²) in [5, 5.41) is 0. The minimum Gasteiger partial charge on any atom is -0.303 e. The van der Waals surface area contributed by atoms with E-state index in [1.807, 2.05) is 0 Å². The molecule has 22 heavy (non-hydrogen) atoms. The van der Waals surface area contributed by atoms with Gasteiger partial charge in [0.1, 0.15) is 0 Å². The van der Waals surface area contributed by atoms with Crippen molar-refractivity contribution in [3.05, 3.63) is 0 Å². The van der Waals surface area contributed by atoms with Crippen LogP contribution in [0.3, 0.4) is 0 Å². The van der Waals surface area contributed by atoms with Crippen LogP contribution in [-0.2, 0) is 0 Å². The van der Waals surface area contributed by atoms with Crippen molar-refractivity contribution in [1.29, 1.82) is 0 Å². The van der Waals surface area contributed by atoms with E-state index in [2.05, 4.69) is 18.7 Å². The van der Waals surface area contributed by atoms with Crippen molar-refractivity contribution in [2.24, 2.45) is 5.92 Å². The molecule has 0 unspecified atom stereocenters. The predicted molar refractivity (Wildman–Crippen MR) is 101 cm³/mol.